The van der Waals surface area contributed by atoms with Gasteiger partial charge in [0.25, 0.3) is 0 Å². The molecule has 0 radical (unpaired) electrons. The lowest BCUT2D eigenvalue weighted by atomic mass is 10.0. The van der Waals surface area contributed by atoms with E-state index in [-0.39, 0.29) is 44.1 Å². The van der Waals surface area contributed by atoms with E-state index >= 15 is 0 Å². The number of pyridine rings is 1. The largest absolute Gasteiger partial charge is 0.488 e. The van der Waals surface area contributed by atoms with E-state index in [1.165, 1.54) is 18.3 Å². The van der Waals surface area contributed by atoms with E-state index in [2.05, 4.69) is 10.3 Å². The van der Waals surface area contributed by atoms with Crippen molar-refractivity contribution in [2.75, 3.05) is 18.5 Å². The van der Waals surface area contributed by atoms with E-state index < -0.39 is 11.9 Å². The van der Waals surface area contributed by atoms with Gasteiger partial charge in [-0.05, 0) is 36.8 Å². The summed E-state index contributed by atoms with van der Waals surface area (Å²) in [6, 6.07) is 9.60. The number of nitrogens with one attached hydrogen (secondary N) is 1. The van der Waals surface area contributed by atoms with Gasteiger partial charge in [-0.15, -0.1) is 0 Å². The molecule has 2 N–H and O–H groups in total. The van der Waals surface area contributed by atoms with Gasteiger partial charge in [0.2, 0.25) is 0 Å². The van der Waals surface area contributed by atoms with E-state index in [0.717, 1.165) is 0 Å². The van der Waals surface area contributed by atoms with Crippen molar-refractivity contribution in [3.8, 4) is 5.75 Å². The second-order valence-corrected chi connectivity index (χ2v) is 7.52. The second kappa shape index (κ2) is 11.2. The first-order chi connectivity index (χ1) is 16.3. The molecule has 0 unspecified atom stereocenters. The van der Waals surface area contributed by atoms with Crippen LogP contribution in [0.4, 0.5) is 15.8 Å². The van der Waals surface area contributed by atoms with Crippen molar-refractivity contribution in [2.24, 2.45) is 0 Å². The van der Waals surface area contributed by atoms with E-state index in [1.807, 2.05) is 0 Å². The molecule has 0 amide bonds. The first kappa shape index (κ1) is 24.6. The molecule has 0 aliphatic rings. The van der Waals surface area contributed by atoms with Crippen LogP contribution in [-0.2, 0) is 14.3 Å². The van der Waals surface area contributed by atoms with Crippen LogP contribution in [0.3, 0.4) is 0 Å². The number of aryl methyl sites for hydroxylation is 1. The van der Waals surface area contributed by atoms with Gasteiger partial charge < -0.3 is 19.9 Å². The van der Waals surface area contributed by atoms with Gasteiger partial charge in [0, 0.05) is 23.7 Å². The molecule has 0 saturated carbocycles. The predicted molar refractivity (Wildman–Crippen MR) is 124 cm³/mol. The molecule has 178 valence electrons. The Morgan fingerprint density at radius 2 is 1.91 bits per heavy atom. The maximum absolute atomic E-state index is 13.6. The number of hydrogen-bond acceptors (Lipinski definition) is 7. The van der Waals surface area contributed by atoms with Gasteiger partial charge in [-0.1, -0.05) is 19.1 Å². The fourth-order valence-corrected chi connectivity index (χ4v) is 3.34. The predicted octanol–water partition coefficient (Wildman–Crippen LogP) is 4.81. The fraction of sp³-hybridized carbons (Fsp3) is 0.280. The number of nitrogens with zero attached hydrogens (tertiary/aromatic N) is 1. The van der Waals surface area contributed by atoms with Gasteiger partial charge in [0.15, 0.2) is 5.78 Å². The third-order valence-electron chi connectivity index (χ3n) is 5.08. The van der Waals surface area contributed by atoms with Gasteiger partial charge in [-0.25, -0.2) is 4.39 Å². The summed E-state index contributed by atoms with van der Waals surface area (Å²) in [7, 11) is 0. The Balaban J connectivity index is 1.85. The Labute approximate surface area is 195 Å². The molecule has 0 saturated heterocycles. The molecule has 3 rings (SSSR count). The van der Waals surface area contributed by atoms with Crippen LogP contribution in [0.2, 0.25) is 0 Å². The minimum Gasteiger partial charge on any atom is -0.488 e. The molecule has 3 aromatic rings. The molecule has 0 aliphatic heterocycles. The lowest BCUT2D eigenvalue weighted by Crippen LogP contribution is -2.13. The number of aliphatic carboxylic acids is 1. The summed E-state index contributed by atoms with van der Waals surface area (Å²) < 4.78 is 24.3. The third-order valence-corrected chi connectivity index (χ3v) is 5.08. The SMILES string of the molecule is CCC(=O)c1cnc2c(OCCOC(=O)CCC(=O)O)cccc2c1Nc1ccc(F)cc1C. The topological polar surface area (TPSA) is 115 Å². The van der Waals surface area contributed by atoms with E-state index in [9.17, 15) is 18.8 Å². The maximum atomic E-state index is 13.6. The van der Waals surface area contributed by atoms with Crippen LogP contribution in [0.5, 0.6) is 5.75 Å². The van der Waals surface area contributed by atoms with Crippen molar-refractivity contribution in [2.45, 2.75) is 33.1 Å². The van der Waals surface area contributed by atoms with Crippen molar-refractivity contribution >= 4 is 40.0 Å². The highest BCUT2D eigenvalue weighted by molar-refractivity contribution is 6.09. The number of aromatic nitrogens is 1. The molecule has 1 heterocycles. The highest BCUT2D eigenvalue weighted by atomic mass is 19.1. The van der Waals surface area contributed by atoms with Gasteiger partial charge >= 0.3 is 11.9 Å². The number of halogens is 1. The molecule has 0 atom stereocenters. The minimum atomic E-state index is -1.07. The molecule has 1 aromatic heterocycles. The molecular weight excluding hydrogens is 443 g/mol. The van der Waals surface area contributed by atoms with Crippen molar-refractivity contribution in [3.05, 3.63) is 59.5 Å². The van der Waals surface area contributed by atoms with Gasteiger partial charge in [0.05, 0.1) is 24.1 Å². The smallest absolute Gasteiger partial charge is 0.306 e. The highest BCUT2D eigenvalue weighted by Gasteiger charge is 2.17. The molecule has 0 spiro atoms. The standard InChI is InChI=1S/C25H25FN2O6/c1-3-20(29)18-14-27-25-17(24(18)28-19-8-7-16(26)13-15(19)2)5-4-6-21(25)33-11-12-34-23(32)10-9-22(30)31/h4-8,13-14H,3,9-12H2,1-2H3,(H,27,28)(H,30,31). The third kappa shape index (κ3) is 6.06. The zero-order chi connectivity index (χ0) is 24.7. The number of carboxylic acids is 1. The summed E-state index contributed by atoms with van der Waals surface area (Å²) in [6.45, 7) is 3.51. The number of Topliss-reactive ketones (excluding diaryl/α,β-unsaturated/α-hetero) is 1. The number of ether oxygens (including phenoxy) is 2. The summed E-state index contributed by atoms with van der Waals surface area (Å²) in [4.78, 5) is 39.1. The van der Waals surface area contributed by atoms with Crippen LogP contribution in [0.1, 0.15) is 42.1 Å². The summed E-state index contributed by atoms with van der Waals surface area (Å²) in [5.74, 6) is -1.72. The van der Waals surface area contributed by atoms with Crippen LogP contribution in [-0.4, -0.2) is 41.0 Å². The minimum absolute atomic E-state index is 0.0368. The molecule has 0 fully saturated rings. The van der Waals surface area contributed by atoms with Gasteiger partial charge in [-0.2, -0.15) is 0 Å². The van der Waals surface area contributed by atoms with E-state index in [1.54, 1.807) is 38.1 Å². The molecule has 0 aliphatic carbocycles. The number of anilines is 2. The highest BCUT2D eigenvalue weighted by Crippen LogP contribution is 2.35. The zero-order valence-electron chi connectivity index (χ0n) is 18.9. The Bertz CT molecular complexity index is 1230. The van der Waals surface area contributed by atoms with Crippen LogP contribution < -0.4 is 10.1 Å². The van der Waals surface area contributed by atoms with E-state index in [4.69, 9.17) is 14.6 Å². The summed E-state index contributed by atoms with van der Waals surface area (Å²) in [5.41, 5.74) is 2.77. The van der Waals surface area contributed by atoms with Crippen LogP contribution in [0.25, 0.3) is 10.9 Å². The molecule has 34 heavy (non-hydrogen) atoms. The van der Waals surface area contributed by atoms with Gasteiger partial charge in [-0.3, -0.25) is 19.4 Å². The first-order valence-electron chi connectivity index (χ1n) is 10.8. The lowest BCUT2D eigenvalue weighted by molar-refractivity contribution is -0.148. The Hall–Kier alpha value is -4.01. The lowest BCUT2D eigenvalue weighted by Gasteiger charge is -2.17. The van der Waals surface area contributed by atoms with Crippen molar-refractivity contribution < 1.29 is 33.4 Å². The molecule has 2 aromatic carbocycles. The number of para-hydroxylation sites is 1. The van der Waals surface area contributed by atoms with E-state index in [0.29, 0.717) is 39.2 Å². The fourth-order valence-electron chi connectivity index (χ4n) is 3.34. The zero-order valence-corrected chi connectivity index (χ0v) is 18.9. The Morgan fingerprint density at radius 1 is 1.12 bits per heavy atom. The first-order valence-corrected chi connectivity index (χ1v) is 10.8. The van der Waals surface area contributed by atoms with Crippen molar-refractivity contribution in [1.29, 1.82) is 0 Å². The number of fused-ring (bicyclic) bond motifs is 1. The Morgan fingerprint density at radius 3 is 2.62 bits per heavy atom. The maximum Gasteiger partial charge on any atom is 0.306 e. The number of rotatable bonds is 11. The molecular formula is C25H25FN2O6. The quantitative estimate of drug-likeness (QED) is 0.234. The monoisotopic (exact) mass is 468 g/mol. The summed E-state index contributed by atoms with van der Waals surface area (Å²) >= 11 is 0. The van der Waals surface area contributed by atoms with Crippen molar-refractivity contribution in [1.82, 2.24) is 4.98 Å². The molecule has 9 heteroatoms. The summed E-state index contributed by atoms with van der Waals surface area (Å²) in [5, 5.41) is 12.5. The van der Waals surface area contributed by atoms with Crippen LogP contribution in [0.15, 0.2) is 42.6 Å². The average Bonchev–Trinajstić information content (AvgIpc) is 2.81. The molecule has 8 nitrogen and oxygen atoms in total. The average molecular weight is 468 g/mol. The number of carbonyl (C=O) groups is 3. The number of esters is 1. The van der Waals surface area contributed by atoms with Gasteiger partial charge in [0.1, 0.15) is 30.3 Å². The number of carbonyl (C=O) groups excluding carboxylic acids is 2. The number of carboxylic acid groups (broad SMARTS) is 1. The second-order valence-electron chi connectivity index (χ2n) is 7.52. The number of ketones is 1. The number of benzene rings is 2. The van der Waals surface area contributed by atoms with Crippen LogP contribution in [0, 0.1) is 12.7 Å². The summed E-state index contributed by atoms with van der Waals surface area (Å²) in [6.07, 6.45) is 1.26. The van der Waals surface area contributed by atoms with Crippen LogP contribution >= 0.6 is 0 Å². The number of hydrogen-bond donors (Lipinski definition) is 2. The molecule has 0 bridgehead atoms. The van der Waals surface area contributed by atoms with Crippen molar-refractivity contribution in [3.63, 3.8) is 0 Å². The Kier molecular flexibility index (Phi) is 8.13. The normalized spacial score (nSPS) is 10.7.